The highest BCUT2D eigenvalue weighted by atomic mass is 79.9. The van der Waals surface area contributed by atoms with Crippen LogP contribution in [0.5, 0.6) is 5.75 Å². The molecule has 0 saturated carbocycles. The molecule has 0 radical (unpaired) electrons. The maximum absolute atomic E-state index is 15.2. The zero-order valence-electron chi connectivity index (χ0n) is 18.1. The van der Waals surface area contributed by atoms with Gasteiger partial charge in [-0.2, -0.15) is 13.2 Å². The fraction of sp³-hybridized carbons (Fsp3) is 0.0769. The van der Waals surface area contributed by atoms with Gasteiger partial charge in [0.25, 0.3) is 0 Å². The lowest BCUT2D eigenvalue weighted by Gasteiger charge is -2.21. The zero-order chi connectivity index (χ0) is 27.1. The number of hydrogen-bond acceptors (Lipinski definition) is 1. The van der Waals surface area contributed by atoms with Crippen LogP contribution in [0.25, 0.3) is 33.4 Å². The van der Waals surface area contributed by atoms with Gasteiger partial charge in [-0.05, 0) is 59.2 Å². The number of ether oxygens (including phenoxy) is 1. The average molecular weight is 608 g/mol. The maximum atomic E-state index is 15.2. The topological polar surface area (TPSA) is 9.23 Å². The van der Waals surface area contributed by atoms with Crippen LogP contribution in [0.3, 0.4) is 0 Å². The van der Waals surface area contributed by atoms with Crippen LogP contribution >= 0.6 is 27.5 Å². The van der Waals surface area contributed by atoms with Crippen molar-refractivity contribution in [2.45, 2.75) is 12.5 Å². The Labute approximate surface area is 218 Å². The van der Waals surface area contributed by atoms with E-state index in [2.05, 4.69) is 20.7 Å². The summed E-state index contributed by atoms with van der Waals surface area (Å²) in [7, 11) is 0. The van der Waals surface area contributed by atoms with E-state index < -0.39 is 40.5 Å². The highest BCUT2D eigenvalue weighted by Crippen LogP contribution is 2.48. The van der Waals surface area contributed by atoms with Crippen molar-refractivity contribution >= 4 is 27.5 Å². The summed E-state index contributed by atoms with van der Waals surface area (Å²) in [6.07, 6.45) is -9.77. The largest absolute Gasteiger partial charge is 0.573 e. The summed E-state index contributed by atoms with van der Waals surface area (Å²) in [6.45, 7) is 0. The molecular formula is C26H12BrClF8O. The summed E-state index contributed by atoms with van der Waals surface area (Å²) in [4.78, 5) is 0. The summed E-state index contributed by atoms with van der Waals surface area (Å²) in [5.41, 5.74) is -1.35. The summed E-state index contributed by atoms with van der Waals surface area (Å²) >= 11 is 9.01. The van der Waals surface area contributed by atoms with E-state index in [9.17, 15) is 30.7 Å². The van der Waals surface area contributed by atoms with Crippen molar-refractivity contribution in [3.8, 4) is 39.1 Å². The fourth-order valence-electron chi connectivity index (χ4n) is 3.78. The molecule has 0 bridgehead atoms. The van der Waals surface area contributed by atoms with Gasteiger partial charge in [-0.3, -0.25) is 0 Å². The van der Waals surface area contributed by atoms with Crippen LogP contribution in [0, 0.1) is 11.6 Å². The van der Waals surface area contributed by atoms with E-state index >= 15 is 4.39 Å². The van der Waals surface area contributed by atoms with Crippen LogP contribution in [0.1, 0.15) is 5.56 Å². The minimum absolute atomic E-state index is 0.0447. The smallest absolute Gasteiger partial charge is 0.405 e. The molecule has 0 aromatic heterocycles. The Morgan fingerprint density at radius 3 is 1.84 bits per heavy atom. The van der Waals surface area contributed by atoms with Gasteiger partial charge in [-0.1, -0.05) is 57.9 Å². The van der Waals surface area contributed by atoms with Crippen molar-refractivity contribution in [3.05, 3.63) is 99.5 Å². The molecular weight excluding hydrogens is 596 g/mol. The van der Waals surface area contributed by atoms with Gasteiger partial charge >= 0.3 is 12.5 Å². The van der Waals surface area contributed by atoms with Crippen LogP contribution in [-0.4, -0.2) is 6.36 Å². The first-order valence-corrected chi connectivity index (χ1v) is 11.4. The molecule has 4 aromatic rings. The molecule has 0 heterocycles. The van der Waals surface area contributed by atoms with Gasteiger partial charge in [-0.25, -0.2) is 8.78 Å². The molecule has 192 valence electrons. The predicted molar refractivity (Wildman–Crippen MR) is 127 cm³/mol. The Bertz CT molecular complexity index is 1460. The number of rotatable bonds is 4. The van der Waals surface area contributed by atoms with Gasteiger partial charge in [-0.15, -0.1) is 13.2 Å². The summed E-state index contributed by atoms with van der Waals surface area (Å²) in [6, 6.07) is 12.9. The van der Waals surface area contributed by atoms with Crippen LogP contribution in [0.15, 0.2) is 77.3 Å². The second-order valence-corrected chi connectivity index (χ2v) is 9.06. The molecule has 0 aliphatic heterocycles. The predicted octanol–water partition coefficient (Wildman–Crippen LogP) is 10.3. The lowest BCUT2D eigenvalue weighted by Crippen LogP contribution is -2.18. The first kappa shape index (κ1) is 26.9. The Kier molecular flexibility index (Phi) is 7.27. The molecule has 0 fully saturated rings. The third-order valence-electron chi connectivity index (χ3n) is 5.32. The molecule has 11 heteroatoms. The van der Waals surface area contributed by atoms with Gasteiger partial charge in [0.1, 0.15) is 17.4 Å². The zero-order valence-corrected chi connectivity index (χ0v) is 20.5. The molecule has 0 saturated heterocycles. The number of benzene rings is 4. The van der Waals surface area contributed by atoms with Gasteiger partial charge in [0, 0.05) is 21.2 Å². The third-order valence-corrected chi connectivity index (χ3v) is 6.11. The molecule has 0 aliphatic rings. The van der Waals surface area contributed by atoms with Gasteiger partial charge in [0.05, 0.1) is 10.6 Å². The molecule has 0 N–H and O–H groups in total. The van der Waals surface area contributed by atoms with E-state index in [0.29, 0.717) is 4.47 Å². The molecule has 0 amide bonds. The SMILES string of the molecule is Fc1ccc(-c2c(OC(F)(F)F)ccc(-c3ccc(C(F)(F)F)cc3)c2-c2ccc(Br)cc2F)cc1Cl. The number of hydrogen-bond donors (Lipinski definition) is 0. The van der Waals surface area contributed by atoms with Crippen molar-refractivity contribution in [1.82, 2.24) is 0 Å². The van der Waals surface area contributed by atoms with Crippen LogP contribution in [-0.2, 0) is 6.18 Å². The van der Waals surface area contributed by atoms with Crippen molar-refractivity contribution in [2.24, 2.45) is 0 Å². The van der Waals surface area contributed by atoms with E-state index in [1.54, 1.807) is 0 Å². The highest BCUT2D eigenvalue weighted by Gasteiger charge is 2.34. The molecule has 0 aliphatic carbocycles. The fourth-order valence-corrected chi connectivity index (χ4v) is 4.30. The molecule has 1 nitrogen and oxygen atoms in total. The molecule has 0 spiro atoms. The molecule has 0 atom stereocenters. The van der Waals surface area contributed by atoms with Crippen molar-refractivity contribution in [3.63, 3.8) is 0 Å². The molecule has 4 rings (SSSR count). The Hall–Kier alpha value is -3.11. The van der Waals surface area contributed by atoms with Gasteiger partial charge in [0.2, 0.25) is 0 Å². The van der Waals surface area contributed by atoms with E-state index in [1.165, 1.54) is 18.2 Å². The van der Waals surface area contributed by atoms with Crippen LogP contribution in [0.2, 0.25) is 5.02 Å². The average Bonchev–Trinajstić information content (AvgIpc) is 2.79. The Balaban J connectivity index is 2.10. The van der Waals surface area contributed by atoms with E-state index in [-0.39, 0.29) is 33.4 Å². The highest BCUT2D eigenvalue weighted by molar-refractivity contribution is 9.10. The van der Waals surface area contributed by atoms with Gasteiger partial charge in [0.15, 0.2) is 0 Å². The lowest BCUT2D eigenvalue weighted by molar-refractivity contribution is -0.274. The lowest BCUT2D eigenvalue weighted by atomic mass is 9.86. The van der Waals surface area contributed by atoms with Gasteiger partial charge < -0.3 is 4.74 Å². The summed E-state index contributed by atoms with van der Waals surface area (Å²) < 4.78 is 113. The summed E-state index contributed by atoms with van der Waals surface area (Å²) in [5, 5.41) is -0.419. The minimum Gasteiger partial charge on any atom is -0.405 e. The number of alkyl halides is 6. The van der Waals surface area contributed by atoms with Crippen LogP contribution < -0.4 is 4.74 Å². The Morgan fingerprint density at radius 2 is 1.27 bits per heavy atom. The maximum Gasteiger partial charge on any atom is 0.573 e. The number of halogens is 10. The monoisotopic (exact) mass is 606 g/mol. The standard InChI is InChI=1S/C26H12BrClF8O/c27-16-6-7-18(21(30)12-16)24-17(13-1-4-15(5-2-13)25(31,32)33)8-10-22(37-26(34,35)36)23(24)14-3-9-20(29)19(28)11-14/h1-12H. The summed E-state index contributed by atoms with van der Waals surface area (Å²) in [5.74, 6) is -2.44. The quantitative estimate of drug-likeness (QED) is 0.210. The van der Waals surface area contributed by atoms with Crippen molar-refractivity contribution < 1.29 is 39.9 Å². The van der Waals surface area contributed by atoms with Crippen molar-refractivity contribution in [1.29, 1.82) is 0 Å². The molecule has 4 aromatic carbocycles. The van der Waals surface area contributed by atoms with Crippen LogP contribution in [0.4, 0.5) is 35.1 Å². The second-order valence-electron chi connectivity index (χ2n) is 7.74. The first-order chi connectivity index (χ1) is 17.2. The van der Waals surface area contributed by atoms with Crippen molar-refractivity contribution in [2.75, 3.05) is 0 Å². The van der Waals surface area contributed by atoms with E-state index in [1.807, 2.05) is 0 Å². The minimum atomic E-state index is -5.15. The third kappa shape index (κ3) is 5.91. The molecule has 0 unspecified atom stereocenters. The Morgan fingerprint density at radius 1 is 0.649 bits per heavy atom. The second kappa shape index (κ2) is 9.98. The first-order valence-electron chi connectivity index (χ1n) is 10.3. The van der Waals surface area contributed by atoms with E-state index in [0.717, 1.165) is 54.6 Å². The normalized spacial score (nSPS) is 12.1. The van der Waals surface area contributed by atoms with E-state index in [4.69, 9.17) is 11.6 Å². The molecule has 37 heavy (non-hydrogen) atoms.